The normalized spacial score (nSPS) is 10.7. The topological polar surface area (TPSA) is 47.6 Å². The van der Waals surface area contributed by atoms with E-state index >= 15 is 0 Å². The van der Waals surface area contributed by atoms with Crippen LogP contribution in [0.15, 0.2) is 19.6 Å². The maximum atomic E-state index is 10.0. The summed E-state index contributed by atoms with van der Waals surface area (Å²) in [6, 6.07) is 4.84. The van der Waals surface area contributed by atoms with Crippen molar-refractivity contribution in [2.75, 3.05) is 23.0 Å². The molecular weight excluding hydrogens is 445 g/mol. The summed E-state index contributed by atoms with van der Waals surface area (Å²) in [5, 5.41) is 20.1. The van der Waals surface area contributed by atoms with Gasteiger partial charge in [0.05, 0.1) is 11.1 Å². The summed E-state index contributed by atoms with van der Waals surface area (Å²) >= 11 is 7.37. The quantitative estimate of drug-likeness (QED) is 0.174. The molecule has 0 fully saturated rings. The van der Waals surface area contributed by atoms with E-state index in [1.165, 1.54) is 35.5 Å². The molecule has 0 aliphatic heterocycles. The number of hydrogen-bond acceptors (Lipinski definition) is 6. The minimum atomic E-state index is 0.608. The molecule has 1 aromatic rings. The Labute approximate surface area is 201 Å². The van der Waals surface area contributed by atoms with Gasteiger partial charge < -0.3 is 0 Å². The van der Waals surface area contributed by atoms with Crippen molar-refractivity contribution in [3.05, 3.63) is 11.1 Å². The average molecular weight is 481 g/mol. The van der Waals surface area contributed by atoms with E-state index in [1.54, 1.807) is 23.5 Å². The molecule has 1 aromatic carbocycles. The third-order valence-electron chi connectivity index (χ3n) is 4.52. The van der Waals surface area contributed by atoms with Gasteiger partial charge in [-0.2, -0.15) is 10.5 Å². The first kappa shape index (κ1) is 27.6. The highest BCUT2D eigenvalue weighted by atomic mass is 32.2. The zero-order valence-corrected chi connectivity index (χ0v) is 22.3. The number of unbranched alkanes of at least 4 members (excludes halogenated alkanes) is 4. The lowest BCUT2D eigenvalue weighted by molar-refractivity contribution is 0.881. The highest BCUT2D eigenvalue weighted by molar-refractivity contribution is 8.04. The van der Waals surface area contributed by atoms with Gasteiger partial charge in [0.25, 0.3) is 0 Å². The van der Waals surface area contributed by atoms with Crippen LogP contribution in [0.5, 0.6) is 0 Å². The molecule has 2 nitrogen and oxygen atoms in total. The number of nitriles is 2. The van der Waals surface area contributed by atoms with Gasteiger partial charge in [-0.05, 0) is 48.7 Å². The van der Waals surface area contributed by atoms with E-state index in [2.05, 4.69) is 39.8 Å². The van der Waals surface area contributed by atoms with Crippen molar-refractivity contribution in [2.45, 2.75) is 98.6 Å². The molecule has 0 spiro atoms. The molecule has 0 heterocycles. The molecule has 166 valence electrons. The molecule has 1 rings (SSSR count). The zero-order chi connectivity index (χ0) is 22.2. The van der Waals surface area contributed by atoms with Crippen LogP contribution in [-0.2, 0) is 0 Å². The van der Waals surface area contributed by atoms with Crippen molar-refractivity contribution in [3.63, 3.8) is 0 Å². The number of hydrogen-bond donors (Lipinski definition) is 0. The fraction of sp³-hybridized carbons (Fsp3) is 0.667. The molecule has 0 amide bonds. The van der Waals surface area contributed by atoms with Gasteiger partial charge in [-0.1, -0.05) is 53.4 Å². The Hall–Kier alpha value is -0.400. The summed E-state index contributed by atoms with van der Waals surface area (Å²) in [4.78, 5) is 4.64. The van der Waals surface area contributed by atoms with Crippen molar-refractivity contribution in [3.8, 4) is 12.1 Å². The van der Waals surface area contributed by atoms with Crippen LogP contribution in [0.2, 0.25) is 0 Å². The van der Waals surface area contributed by atoms with Gasteiger partial charge in [-0.3, -0.25) is 0 Å². The van der Waals surface area contributed by atoms with Gasteiger partial charge >= 0.3 is 0 Å². The summed E-state index contributed by atoms with van der Waals surface area (Å²) in [5.41, 5.74) is 1.22. The van der Waals surface area contributed by atoms with Crippen LogP contribution < -0.4 is 0 Å². The molecule has 0 aromatic heterocycles. The molecule has 0 atom stereocenters. The second-order valence-corrected chi connectivity index (χ2v) is 11.5. The molecular formula is C24H36N2S4. The Kier molecular flexibility index (Phi) is 15.8. The van der Waals surface area contributed by atoms with Crippen LogP contribution in [0.25, 0.3) is 0 Å². The van der Waals surface area contributed by atoms with E-state index in [1.807, 2.05) is 23.5 Å². The molecule has 0 N–H and O–H groups in total. The number of nitrogens with zero attached hydrogens (tertiary/aromatic N) is 2. The summed E-state index contributed by atoms with van der Waals surface area (Å²) in [6.07, 6.45) is 9.21. The fourth-order valence-corrected chi connectivity index (χ4v) is 8.41. The van der Waals surface area contributed by atoms with Crippen molar-refractivity contribution in [2.24, 2.45) is 0 Å². The Morgan fingerprint density at radius 3 is 1.00 bits per heavy atom. The smallest absolute Gasteiger partial charge is 0.102 e. The van der Waals surface area contributed by atoms with E-state index < -0.39 is 0 Å². The Balaban J connectivity index is 3.59. The van der Waals surface area contributed by atoms with Crippen LogP contribution in [0.4, 0.5) is 0 Å². The van der Waals surface area contributed by atoms with Crippen molar-refractivity contribution >= 4 is 47.0 Å². The highest BCUT2D eigenvalue weighted by Gasteiger charge is 2.25. The molecule has 0 aliphatic rings. The van der Waals surface area contributed by atoms with Crippen LogP contribution in [0.1, 0.15) is 90.2 Å². The highest BCUT2D eigenvalue weighted by Crippen LogP contribution is 2.48. The van der Waals surface area contributed by atoms with Gasteiger partial charge in [0, 0.05) is 19.6 Å². The molecule has 0 radical (unpaired) electrons. The molecule has 6 heteroatoms. The van der Waals surface area contributed by atoms with Crippen molar-refractivity contribution < 1.29 is 0 Å². The van der Waals surface area contributed by atoms with Crippen molar-refractivity contribution in [1.29, 1.82) is 10.5 Å². The minimum absolute atomic E-state index is 0.608. The van der Waals surface area contributed by atoms with Crippen LogP contribution >= 0.6 is 47.0 Å². The molecule has 0 saturated carbocycles. The van der Waals surface area contributed by atoms with Gasteiger partial charge in [-0.15, -0.1) is 47.0 Å². The predicted molar refractivity (Wildman–Crippen MR) is 138 cm³/mol. The monoisotopic (exact) mass is 480 g/mol. The lowest BCUT2D eigenvalue weighted by Crippen LogP contribution is -2.01. The maximum Gasteiger partial charge on any atom is 0.102 e. The summed E-state index contributed by atoms with van der Waals surface area (Å²) in [6.45, 7) is 8.84. The number of benzene rings is 1. The van der Waals surface area contributed by atoms with E-state index in [0.717, 1.165) is 58.5 Å². The lowest BCUT2D eigenvalue weighted by Gasteiger charge is -2.21. The number of rotatable bonds is 16. The average Bonchev–Trinajstić information content (AvgIpc) is 2.76. The van der Waals surface area contributed by atoms with E-state index in [9.17, 15) is 10.5 Å². The Morgan fingerprint density at radius 1 is 0.500 bits per heavy atom. The number of thioether (sulfide) groups is 4. The Morgan fingerprint density at radius 2 is 0.767 bits per heavy atom. The van der Waals surface area contributed by atoms with Gasteiger partial charge in [0.1, 0.15) is 12.1 Å². The standard InChI is InChI=1S/C24H36N2S4/c1-5-9-13-27-21-19(17-25)20(18-26)22(28-14-10-6-2)24(30-16-12-8-4)23(21)29-15-11-7-3/h5-16H2,1-4H3. The third kappa shape index (κ3) is 8.62. The van der Waals surface area contributed by atoms with E-state index in [-0.39, 0.29) is 0 Å². The van der Waals surface area contributed by atoms with Crippen LogP contribution in [0, 0.1) is 22.7 Å². The van der Waals surface area contributed by atoms with E-state index in [4.69, 9.17) is 0 Å². The lowest BCUT2D eigenvalue weighted by atomic mass is 10.1. The Bertz CT molecular complexity index is 659. The minimum Gasteiger partial charge on any atom is -0.192 e. The SMILES string of the molecule is CCCCSc1c(C#N)c(C#N)c(SCCCC)c(SCCCC)c1SCCCC. The second-order valence-electron chi connectivity index (χ2n) is 7.10. The van der Waals surface area contributed by atoms with Crippen LogP contribution in [0.3, 0.4) is 0 Å². The first-order chi connectivity index (χ1) is 14.7. The van der Waals surface area contributed by atoms with Gasteiger partial charge in [0.15, 0.2) is 0 Å². The second kappa shape index (κ2) is 17.2. The zero-order valence-electron chi connectivity index (χ0n) is 19.0. The van der Waals surface area contributed by atoms with Crippen molar-refractivity contribution in [1.82, 2.24) is 0 Å². The van der Waals surface area contributed by atoms with Gasteiger partial charge in [-0.25, -0.2) is 0 Å². The molecule has 0 unspecified atom stereocenters. The molecule has 30 heavy (non-hydrogen) atoms. The van der Waals surface area contributed by atoms with Gasteiger partial charge in [0.2, 0.25) is 0 Å². The predicted octanol–water partition coefficient (Wildman–Crippen LogP) is 9.00. The fourth-order valence-electron chi connectivity index (χ4n) is 2.69. The first-order valence-corrected chi connectivity index (χ1v) is 15.2. The van der Waals surface area contributed by atoms with Crippen LogP contribution in [-0.4, -0.2) is 23.0 Å². The maximum absolute atomic E-state index is 10.0. The summed E-state index contributed by atoms with van der Waals surface area (Å²) < 4.78 is 0. The summed E-state index contributed by atoms with van der Waals surface area (Å²) in [7, 11) is 0. The largest absolute Gasteiger partial charge is 0.192 e. The van der Waals surface area contributed by atoms with E-state index in [0.29, 0.717) is 11.1 Å². The summed E-state index contributed by atoms with van der Waals surface area (Å²) in [5.74, 6) is 4.13. The molecule has 0 bridgehead atoms. The molecule has 0 aliphatic carbocycles. The molecule has 0 saturated heterocycles. The first-order valence-electron chi connectivity index (χ1n) is 11.2. The third-order valence-corrected chi connectivity index (χ3v) is 9.67.